The van der Waals surface area contributed by atoms with Crippen LogP contribution in [0.5, 0.6) is 5.75 Å². The second kappa shape index (κ2) is 10.1. The van der Waals surface area contributed by atoms with Crippen molar-refractivity contribution in [2.45, 2.75) is 50.6 Å². The Morgan fingerprint density at radius 1 is 1.10 bits per heavy atom. The molecule has 0 bridgehead atoms. The molecule has 1 fully saturated rings. The summed E-state index contributed by atoms with van der Waals surface area (Å²) in [4.78, 5) is 12.0. The predicted octanol–water partition coefficient (Wildman–Crippen LogP) is 5.51. The van der Waals surface area contributed by atoms with E-state index < -0.39 is 0 Å². The maximum atomic E-state index is 12.0. The first-order chi connectivity index (χ1) is 14.0. The summed E-state index contributed by atoms with van der Waals surface area (Å²) >= 11 is 6.12. The van der Waals surface area contributed by atoms with E-state index >= 15 is 0 Å². The minimum absolute atomic E-state index is 0.141. The molecule has 156 valence electrons. The summed E-state index contributed by atoms with van der Waals surface area (Å²) in [5.74, 6) is 1.20. The lowest BCUT2D eigenvalue weighted by Crippen LogP contribution is -2.43. The van der Waals surface area contributed by atoms with Gasteiger partial charge < -0.3 is 14.8 Å². The predicted molar refractivity (Wildman–Crippen MR) is 116 cm³/mol. The molecule has 3 rings (SSSR count). The average molecular weight is 416 g/mol. The van der Waals surface area contributed by atoms with Gasteiger partial charge >= 0.3 is 5.97 Å². The van der Waals surface area contributed by atoms with E-state index in [0.29, 0.717) is 6.42 Å². The quantitative estimate of drug-likeness (QED) is 0.605. The van der Waals surface area contributed by atoms with Gasteiger partial charge in [-0.05, 0) is 61.1 Å². The van der Waals surface area contributed by atoms with Gasteiger partial charge in [-0.25, -0.2) is 0 Å². The van der Waals surface area contributed by atoms with Crippen molar-refractivity contribution in [1.82, 2.24) is 5.32 Å². The van der Waals surface area contributed by atoms with Gasteiger partial charge in [0.25, 0.3) is 0 Å². The molecule has 29 heavy (non-hydrogen) atoms. The average Bonchev–Trinajstić information content (AvgIpc) is 2.74. The van der Waals surface area contributed by atoms with Gasteiger partial charge in [0.1, 0.15) is 5.75 Å². The van der Waals surface area contributed by atoms with Gasteiger partial charge in [-0.1, -0.05) is 42.3 Å². The Balaban J connectivity index is 1.82. The zero-order chi connectivity index (χ0) is 20.8. The van der Waals surface area contributed by atoms with Crippen molar-refractivity contribution in [3.05, 3.63) is 64.7 Å². The van der Waals surface area contributed by atoms with Crippen LogP contribution in [-0.2, 0) is 9.53 Å². The van der Waals surface area contributed by atoms with Crippen LogP contribution < -0.4 is 10.1 Å². The number of carbonyl (C=O) groups is 1. The van der Waals surface area contributed by atoms with Crippen LogP contribution >= 0.6 is 11.6 Å². The first-order valence-corrected chi connectivity index (χ1v) is 10.6. The lowest BCUT2D eigenvalue weighted by molar-refractivity contribution is -0.142. The molecule has 0 amide bonds. The molecule has 0 spiro atoms. The first-order valence-electron chi connectivity index (χ1n) is 10.2. The second-order valence-electron chi connectivity index (χ2n) is 7.82. The molecule has 0 saturated heterocycles. The summed E-state index contributed by atoms with van der Waals surface area (Å²) in [7, 11) is 3.14. The SMILES string of the molecule is COC(=O)C[C@H]1CCC[C@@H](N[C@@H](C)c2ccc(OC)cc2)[C@@H]1c1ccc(Cl)cc1. The van der Waals surface area contributed by atoms with Crippen molar-refractivity contribution >= 4 is 17.6 Å². The number of esters is 1. The van der Waals surface area contributed by atoms with Gasteiger partial charge in [0.2, 0.25) is 0 Å². The van der Waals surface area contributed by atoms with E-state index in [0.717, 1.165) is 30.0 Å². The summed E-state index contributed by atoms with van der Waals surface area (Å²) in [5, 5.41) is 4.56. The maximum absolute atomic E-state index is 12.0. The Bertz CT molecular complexity index is 791. The maximum Gasteiger partial charge on any atom is 0.305 e. The highest BCUT2D eigenvalue weighted by Crippen LogP contribution is 2.41. The van der Waals surface area contributed by atoms with Crippen molar-refractivity contribution in [2.75, 3.05) is 14.2 Å². The molecule has 1 aliphatic carbocycles. The Kier molecular flexibility index (Phi) is 7.57. The minimum atomic E-state index is -0.141. The normalized spacial score (nSPS) is 22.7. The molecular formula is C24H30ClNO3. The molecule has 2 aromatic carbocycles. The van der Waals surface area contributed by atoms with E-state index in [1.807, 2.05) is 24.3 Å². The zero-order valence-corrected chi connectivity index (χ0v) is 18.1. The molecule has 4 nitrogen and oxygen atoms in total. The van der Waals surface area contributed by atoms with Crippen LogP contribution in [0.25, 0.3) is 0 Å². The summed E-state index contributed by atoms with van der Waals surface area (Å²) < 4.78 is 10.2. The molecule has 0 aromatic heterocycles. The van der Waals surface area contributed by atoms with E-state index in [-0.39, 0.29) is 29.9 Å². The highest BCUT2D eigenvalue weighted by atomic mass is 35.5. The number of methoxy groups -OCH3 is 2. The van der Waals surface area contributed by atoms with Gasteiger partial charge in [-0.3, -0.25) is 4.79 Å². The van der Waals surface area contributed by atoms with Crippen molar-refractivity contribution in [1.29, 1.82) is 0 Å². The largest absolute Gasteiger partial charge is 0.497 e. The fourth-order valence-electron chi connectivity index (χ4n) is 4.50. The van der Waals surface area contributed by atoms with Gasteiger partial charge in [-0.15, -0.1) is 0 Å². The van der Waals surface area contributed by atoms with Crippen molar-refractivity contribution < 1.29 is 14.3 Å². The van der Waals surface area contributed by atoms with E-state index in [1.165, 1.54) is 18.2 Å². The number of hydrogen-bond donors (Lipinski definition) is 1. The topological polar surface area (TPSA) is 47.6 Å². The fraction of sp³-hybridized carbons (Fsp3) is 0.458. The number of ether oxygens (including phenoxy) is 2. The molecular weight excluding hydrogens is 386 g/mol. The molecule has 0 heterocycles. The summed E-state index contributed by atoms with van der Waals surface area (Å²) in [6, 6.07) is 16.7. The van der Waals surface area contributed by atoms with Crippen molar-refractivity contribution in [3.63, 3.8) is 0 Å². The third-order valence-electron chi connectivity index (χ3n) is 6.02. The number of halogens is 1. The zero-order valence-electron chi connectivity index (χ0n) is 17.4. The highest BCUT2D eigenvalue weighted by Gasteiger charge is 2.36. The van der Waals surface area contributed by atoms with Crippen LogP contribution in [-0.4, -0.2) is 26.2 Å². The van der Waals surface area contributed by atoms with Gasteiger partial charge in [0.05, 0.1) is 14.2 Å². The molecule has 0 unspecified atom stereocenters. The van der Waals surface area contributed by atoms with Gasteiger partial charge in [0, 0.05) is 29.4 Å². The van der Waals surface area contributed by atoms with Gasteiger partial charge in [0.15, 0.2) is 0 Å². The first kappa shape index (κ1) is 21.7. The van der Waals surface area contributed by atoms with E-state index in [1.54, 1.807) is 7.11 Å². The standard InChI is InChI=1S/C24H30ClNO3/c1-16(17-9-13-21(28-2)14-10-17)26-22-6-4-5-19(15-23(27)29-3)24(22)18-7-11-20(25)12-8-18/h7-14,16,19,22,24,26H,4-6,15H2,1-3H3/t16-,19+,22+,24+/m0/s1. The Morgan fingerprint density at radius 2 is 1.79 bits per heavy atom. The van der Waals surface area contributed by atoms with E-state index in [9.17, 15) is 4.79 Å². The molecule has 2 aromatic rings. The Hall–Kier alpha value is -2.04. The van der Waals surface area contributed by atoms with E-state index in [4.69, 9.17) is 21.1 Å². The van der Waals surface area contributed by atoms with Crippen molar-refractivity contribution in [2.24, 2.45) is 5.92 Å². The molecule has 1 aliphatic rings. The number of nitrogens with one attached hydrogen (secondary N) is 1. The number of carbonyl (C=O) groups excluding carboxylic acids is 1. The highest BCUT2D eigenvalue weighted by molar-refractivity contribution is 6.30. The Morgan fingerprint density at radius 3 is 2.41 bits per heavy atom. The summed E-state index contributed by atoms with van der Waals surface area (Å²) in [6.07, 6.45) is 3.64. The minimum Gasteiger partial charge on any atom is -0.497 e. The molecule has 0 aliphatic heterocycles. The third-order valence-corrected chi connectivity index (χ3v) is 6.27. The number of rotatable bonds is 7. The van der Waals surface area contributed by atoms with Crippen LogP contribution in [0.3, 0.4) is 0 Å². The Labute approximate surface area is 178 Å². The molecule has 5 heteroatoms. The fourth-order valence-corrected chi connectivity index (χ4v) is 4.63. The third kappa shape index (κ3) is 5.52. The van der Waals surface area contributed by atoms with Crippen LogP contribution in [0, 0.1) is 5.92 Å². The summed E-state index contributed by atoms with van der Waals surface area (Å²) in [5.41, 5.74) is 2.44. The van der Waals surface area contributed by atoms with Crippen LogP contribution in [0.2, 0.25) is 5.02 Å². The van der Waals surface area contributed by atoms with Crippen LogP contribution in [0.1, 0.15) is 55.7 Å². The van der Waals surface area contributed by atoms with E-state index in [2.05, 4.69) is 36.5 Å². The molecule has 4 atom stereocenters. The molecule has 0 radical (unpaired) electrons. The van der Waals surface area contributed by atoms with Crippen LogP contribution in [0.15, 0.2) is 48.5 Å². The number of benzene rings is 2. The second-order valence-corrected chi connectivity index (χ2v) is 8.25. The smallest absolute Gasteiger partial charge is 0.305 e. The van der Waals surface area contributed by atoms with Crippen molar-refractivity contribution in [3.8, 4) is 5.75 Å². The molecule has 1 saturated carbocycles. The lowest BCUT2D eigenvalue weighted by Gasteiger charge is -2.40. The number of hydrogen-bond acceptors (Lipinski definition) is 4. The van der Waals surface area contributed by atoms with Crippen LogP contribution in [0.4, 0.5) is 0 Å². The monoisotopic (exact) mass is 415 g/mol. The lowest BCUT2D eigenvalue weighted by atomic mass is 9.70. The molecule has 1 N–H and O–H groups in total. The summed E-state index contributed by atoms with van der Waals surface area (Å²) in [6.45, 7) is 2.19. The van der Waals surface area contributed by atoms with Gasteiger partial charge in [-0.2, -0.15) is 0 Å².